The average Bonchev–Trinajstić information content (AvgIpc) is 2.97. The normalized spacial score (nSPS) is 20.4. The van der Waals surface area contributed by atoms with Crippen molar-refractivity contribution in [3.63, 3.8) is 0 Å². The molecule has 5 nitrogen and oxygen atoms in total. The van der Waals surface area contributed by atoms with E-state index in [-0.39, 0.29) is 0 Å². The summed E-state index contributed by atoms with van der Waals surface area (Å²) >= 11 is 0. The molecule has 1 aliphatic heterocycles. The van der Waals surface area contributed by atoms with E-state index in [2.05, 4.69) is 20.7 Å². The molecule has 16 heavy (non-hydrogen) atoms. The van der Waals surface area contributed by atoms with Crippen LogP contribution in [0.4, 0.5) is 0 Å². The van der Waals surface area contributed by atoms with E-state index in [0.717, 1.165) is 36.5 Å². The Kier molecular flexibility index (Phi) is 2.46. The monoisotopic (exact) mass is 218 g/mol. The predicted molar refractivity (Wildman–Crippen MR) is 60.4 cm³/mol. The topological polar surface area (TPSA) is 62.8 Å². The van der Waals surface area contributed by atoms with Crippen LogP contribution in [0.15, 0.2) is 18.2 Å². The van der Waals surface area contributed by atoms with Gasteiger partial charge in [0, 0.05) is 12.5 Å². The van der Waals surface area contributed by atoms with Crippen LogP contribution in [0, 0.1) is 5.92 Å². The minimum Gasteiger partial charge on any atom is -0.491 e. The second-order valence-electron chi connectivity index (χ2n) is 4.12. The van der Waals surface area contributed by atoms with E-state index in [4.69, 9.17) is 4.74 Å². The molecule has 0 amide bonds. The van der Waals surface area contributed by atoms with Gasteiger partial charge in [0.2, 0.25) is 0 Å². The molecule has 2 N–H and O–H groups in total. The number of H-pyrrole nitrogens is 1. The summed E-state index contributed by atoms with van der Waals surface area (Å²) in [5.74, 6) is 1.43. The van der Waals surface area contributed by atoms with Gasteiger partial charge in [0.05, 0.1) is 6.61 Å². The van der Waals surface area contributed by atoms with E-state index in [9.17, 15) is 0 Å². The molecule has 1 aromatic carbocycles. The van der Waals surface area contributed by atoms with Gasteiger partial charge in [0.15, 0.2) is 5.52 Å². The molecule has 0 spiro atoms. The number of para-hydroxylation sites is 1. The fourth-order valence-electron chi connectivity index (χ4n) is 2.02. The molecule has 84 valence electrons. The van der Waals surface area contributed by atoms with Crippen molar-refractivity contribution in [1.29, 1.82) is 0 Å². The molecule has 1 fully saturated rings. The molecule has 1 unspecified atom stereocenters. The van der Waals surface area contributed by atoms with Crippen molar-refractivity contribution in [2.45, 2.75) is 6.42 Å². The van der Waals surface area contributed by atoms with E-state index in [0.29, 0.717) is 5.92 Å². The second kappa shape index (κ2) is 4.09. The van der Waals surface area contributed by atoms with Crippen molar-refractivity contribution in [1.82, 2.24) is 20.7 Å². The van der Waals surface area contributed by atoms with Crippen LogP contribution in [0.1, 0.15) is 6.42 Å². The highest BCUT2D eigenvalue weighted by Gasteiger charge is 2.15. The molecule has 5 heteroatoms. The van der Waals surface area contributed by atoms with E-state index < -0.39 is 0 Å². The van der Waals surface area contributed by atoms with Crippen LogP contribution in [-0.2, 0) is 0 Å². The van der Waals surface area contributed by atoms with Crippen molar-refractivity contribution in [3.05, 3.63) is 18.2 Å². The van der Waals surface area contributed by atoms with Crippen LogP contribution < -0.4 is 10.1 Å². The number of benzene rings is 1. The Balaban J connectivity index is 1.75. The maximum absolute atomic E-state index is 5.80. The number of aromatic nitrogens is 3. The zero-order valence-corrected chi connectivity index (χ0v) is 8.94. The molecule has 0 saturated carbocycles. The molecule has 0 bridgehead atoms. The minimum atomic E-state index is 0.613. The first-order valence-corrected chi connectivity index (χ1v) is 5.56. The zero-order chi connectivity index (χ0) is 10.8. The van der Waals surface area contributed by atoms with Crippen molar-refractivity contribution < 1.29 is 4.74 Å². The lowest BCUT2D eigenvalue weighted by Gasteiger charge is -2.10. The molecule has 3 rings (SSSR count). The molecule has 1 aromatic heterocycles. The van der Waals surface area contributed by atoms with Gasteiger partial charge < -0.3 is 10.1 Å². The van der Waals surface area contributed by atoms with Gasteiger partial charge in [0.25, 0.3) is 0 Å². The Morgan fingerprint density at radius 2 is 2.38 bits per heavy atom. The number of hydrogen-bond acceptors (Lipinski definition) is 4. The second-order valence-corrected chi connectivity index (χ2v) is 4.12. The van der Waals surface area contributed by atoms with Gasteiger partial charge in [-0.05, 0) is 25.1 Å². The summed E-state index contributed by atoms with van der Waals surface area (Å²) in [6.07, 6.45) is 1.19. The lowest BCUT2D eigenvalue weighted by atomic mass is 10.1. The highest BCUT2D eigenvalue weighted by atomic mass is 16.5. The van der Waals surface area contributed by atoms with Gasteiger partial charge >= 0.3 is 0 Å². The number of fused-ring (bicyclic) bond motifs is 1. The van der Waals surface area contributed by atoms with E-state index in [1.165, 1.54) is 6.42 Å². The Bertz CT molecular complexity index is 476. The van der Waals surface area contributed by atoms with Crippen LogP contribution >= 0.6 is 0 Å². The van der Waals surface area contributed by atoms with Gasteiger partial charge in [-0.1, -0.05) is 6.07 Å². The van der Waals surface area contributed by atoms with Gasteiger partial charge in [0.1, 0.15) is 11.3 Å². The fraction of sp³-hybridized carbons (Fsp3) is 0.455. The van der Waals surface area contributed by atoms with Crippen LogP contribution in [0.5, 0.6) is 5.75 Å². The molecule has 1 atom stereocenters. The van der Waals surface area contributed by atoms with Crippen LogP contribution in [-0.4, -0.2) is 35.1 Å². The summed E-state index contributed by atoms with van der Waals surface area (Å²) < 4.78 is 5.80. The zero-order valence-electron chi connectivity index (χ0n) is 8.94. The quantitative estimate of drug-likeness (QED) is 0.805. The molecule has 0 radical (unpaired) electrons. The third-order valence-corrected chi connectivity index (χ3v) is 2.95. The first-order valence-electron chi connectivity index (χ1n) is 5.56. The van der Waals surface area contributed by atoms with Gasteiger partial charge in [-0.2, -0.15) is 15.4 Å². The smallest absolute Gasteiger partial charge is 0.154 e. The number of ether oxygens (including phenoxy) is 1. The Hall–Kier alpha value is -1.62. The van der Waals surface area contributed by atoms with Gasteiger partial charge in [-0.3, -0.25) is 0 Å². The predicted octanol–water partition coefficient (Wildman–Crippen LogP) is 0.946. The molecule has 0 aliphatic carbocycles. The average molecular weight is 218 g/mol. The number of nitrogens with one attached hydrogen (secondary N) is 2. The Morgan fingerprint density at radius 3 is 3.25 bits per heavy atom. The van der Waals surface area contributed by atoms with Gasteiger partial charge in [-0.25, -0.2) is 0 Å². The maximum Gasteiger partial charge on any atom is 0.154 e. The standard InChI is InChI=1S/C11H14N4O/c1-2-9-11(14-15-13-9)10(3-1)16-7-8-4-5-12-6-8/h1-3,8,12H,4-7H2,(H,13,14,15). The van der Waals surface area contributed by atoms with Crippen molar-refractivity contribution in [2.24, 2.45) is 5.92 Å². The van der Waals surface area contributed by atoms with Crippen LogP contribution in [0.25, 0.3) is 11.0 Å². The molecular formula is C11H14N4O. The third-order valence-electron chi connectivity index (χ3n) is 2.95. The van der Waals surface area contributed by atoms with E-state index >= 15 is 0 Å². The number of aromatic amines is 1. The molecule has 1 saturated heterocycles. The summed E-state index contributed by atoms with van der Waals surface area (Å²) in [5.41, 5.74) is 1.66. The van der Waals surface area contributed by atoms with E-state index in [1.54, 1.807) is 0 Å². The lowest BCUT2D eigenvalue weighted by molar-refractivity contribution is 0.262. The highest BCUT2D eigenvalue weighted by molar-refractivity contribution is 5.80. The molecule has 2 aromatic rings. The Morgan fingerprint density at radius 1 is 1.38 bits per heavy atom. The third kappa shape index (κ3) is 1.74. The summed E-state index contributed by atoms with van der Waals surface area (Å²) in [6.45, 7) is 2.90. The molecule has 2 heterocycles. The first-order chi connectivity index (χ1) is 7.93. The summed E-state index contributed by atoms with van der Waals surface area (Å²) in [5, 5.41) is 14.1. The number of rotatable bonds is 3. The molecule has 1 aliphatic rings. The number of nitrogens with zero attached hydrogens (tertiary/aromatic N) is 2. The SMILES string of the molecule is c1cc(OCC2CCNC2)c2n[nH]nc2c1. The lowest BCUT2D eigenvalue weighted by Crippen LogP contribution is -2.15. The first kappa shape index (κ1) is 9.59. The van der Waals surface area contributed by atoms with Crippen LogP contribution in [0.2, 0.25) is 0 Å². The Labute approximate surface area is 93.2 Å². The summed E-state index contributed by atoms with van der Waals surface area (Å²) in [7, 11) is 0. The van der Waals surface area contributed by atoms with Crippen molar-refractivity contribution in [2.75, 3.05) is 19.7 Å². The van der Waals surface area contributed by atoms with Gasteiger partial charge in [-0.15, -0.1) is 0 Å². The van der Waals surface area contributed by atoms with Crippen LogP contribution in [0.3, 0.4) is 0 Å². The number of hydrogen-bond donors (Lipinski definition) is 2. The minimum absolute atomic E-state index is 0.613. The van der Waals surface area contributed by atoms with Crippen molar-refractivity contribution in [3.8, 4) is 5.75 Å². The summed E-state index contributed by atoms with van der Waals surface area (Å²) in [4.78, 5) is 0. The highest BCUT2D eigenvalue weighted by Crippen LogP contribution is 2.22. The maximum atomic E-state index is 5.80. The van der Waals surface area contributed by atoms with Crippen molar-refractivity contribution >= 4 is 11.0 Å². The fourth-order valence-corrected chi connectivity index (χ4v) is 2.02. The molecular weight excluding hydrogens is 204 g/mol. The summed E-state index contributed by atoms with van der Waals surface area (Å²) in [6, 6.07) is 5.79. The largest absolute Gasteiger partial charge is 0.491 e. The van der Waals surface area contributed by atoms with E-state index in [1.807, 2.05) is 18.2 Å².